The van der Waals surface area contributed by atoms with Crippen LogP contribution in [0.3, 0.4) is 0 Å². The van der Waals surface area contributed by atoms with Crippen LogP contribution in [-0.4, -0.2) is 86.6 Å². The van der Waals surface area contributed by atoms with Gasteiger partial charge in [-0.15, -0.1) is 0 Å². The summed E-state index contributed by atoms with van der Waals surface area (Å²) >= 11 is 0. The quantitative estimate of drug-likeness (QED) is 0.366. The Hall–Kier alpha value is 0.588. The molecule has 7 nitrogen and oxygen atoms in total. The Balaban J connectivity index is 5.14. The Bertz CT molecular complexity index is 214. The van der Waals surface area contributed by atoms with Crippen molar-refractivity contribution >= 4 is 38.3 Å². The molecule has 0 atom stereocenters. The second-order valence-corrected chi connectivity index (χ2v) is 11.7. The molecule has 0 unspecified atom stereocenters. The average Bonchev–Trinajstić information content (AvgIpc) is 2.54. The lowest BCUT2D eigenvalue weighted by atomic mass is 10.2. The molecule has 0 aromatic carbocycles. The first-order chi connectivity index (χ1) is 10.0. The van der Waals surface area contributed by atoms with Crippen LogP contribution in [0, 0.1) is 0 Å². The standard InChI is InChI=1S/C10H30O7Si4/c1-11-19(12-2)7-10(17-18,8-20(13-3)14-4)9-21(15-5)16-6/h19-21H,7-9H2,1-6,18H3. The van der Waals surface area contributed by atoms with Gasteiger partial charge in [-0.05, 0) is 0 Å². The highest BCUT2D eigenvalue weighted by Crippen LogP contribution is 2.31. The van der Waals surface area contributed by atoms with Crippen molar-refractivity contribution < 1.29 is 31.0 Å². The van der Waals surface area contributed by atoms with E-state index in [1.54, 1.807) is 42.7 Å². The van der Waals surface area contributed by atoms with Gasteiger partial charge in [0, 0.05) is 60.8 Å². The van der Waals surface area contributed by atoms with E-state index in [4.69, 9.17) is 31.0 Å². The number of hydrogen-bond donors (Lipinski definition) is 0. The first kappa shape index (κ1) is 21.6. The molecule has 0 N–H and O–H groups in total. The molecule has 0 amide bonds. The van der Waals surface area contributed by atoms with E-state index in [2.05, 4.69) is 0 Å². The van der Waals surface area contributed by atoms with E-state index >= 15 is 0 Å². The summed E-state index contributed by atoms with van der Waals surface area (Å²) in [7, 11) is 5.37. The van der Waals surface area contributed by atoms with Gasteiger partial charge in [0.1, 0.15) is 10.5 Å². The largest absolute Gasteiger partial charge is 0.423 e. The zero-order chi connectivity index (χ0) is 16.3. The van der Waals surface area contributed by atoms with Crippen molar-refractivity contribution in [1.29, 1.82) is 0 Å². The second-order valence-electron chi connectivity index (χ2n) is 4.70. The van der Waals surface area contributed by atoms with Crippen LogP contribution in [0.4, 0.5) is 0 Å². The van der Waals surface area contributed by atoms with E-state index in [-0.39, 0.29) is 5.60 Å². The van der Waals surface area contributed by atoms with Crippen LogP contribution in [-0.2, 0) is 31.0 Å². The molecule has 11 heteroatoms. The van der Waals surface area contributed by atoms with Crippen molar-refractivity contribution in [2.45, 2.75) is 23.7 Å². The molecular weight excluding hydrogens is 344 g/mol. The molecule has 0 aromatic rings. The Morgan fingerprint density at radius 1 is 0.619 bits per heavy atom. The Kier molecular flexibility index (Phi) is 12.4. The average molecular weight is 375 g/mol. The molecule has 0 aromatic heterocycles. The smallest absolute Gasteiger partial charge is 0.323 e. The Labute approximate surface area is 136 Å². The van der Waals surface area contributed by atoms with Gasteiger partial charge in [0.2, 0.25) is 0 Å². The van der Waals surface area contributed by atoms with E-state index < -0.39 is 27.9 Å². The zero-order valence-corrected chi connectivity index (χ0v) is 19.7. The summed E-state index contributed by atoms with van der Waals surface area (Å²) in [5.41, 5.74) is -0.388. The fraction of sp³-hybridized carbons (Fsp3) is 1.00. The van der Waals surface area contributed by atoms with Crippen molar-refractivity contribution in [1.82, 2.24) is 0 Å². The van der Waals surface area contributed by atoms with Crippen LogP contribution in [0.15, 0.2) is 0 Å². The fourth-order valence-corrected chi connectivity index (χ4v) is 9.60. The maximum absolute atomic E-state index is 6.00. The monoisotopic (exact) mass is 374 g/mol. The molecule has 0 aliphatic carbocycles. The lowest BCUT2D eigenvalue weighted by Crippen LogP contribution is -2.46. The van der Waals surface area contributed by atoms with E-state index in [9.17, 15) is 0 Å². The Morgan fingerprint density at radius 3 is 1.00 bits per heavy atom. The molecule has 0 aliphatic heterocycles. The molecule has 0 saturated heterocycles. The van der Waals surface area contributed by atoms with Crippen molar-refractivity contribution in [3.05, 3.63) is 0 Å². The van der Waals surface area contributed by atoms with Crippen molar-refractivity contribution in [3.8, 4) is 0 Å². The third-order valence-electron chi connectivity index (χ3n) is 3.63. The molecule has 0 saturated carbocycles. The van der Waals surface area contributed by atoms with Gasteiger partial charge in [-0.3, -0.25) is 0 Å². The summed E-state index contributed by atoms with van der Waals surface area (Å²) in [6.45, 7) is 0. The molecule has 128 valence electrons. The lowest BCUT2D eigenvalue weighted by molar-refractivity contribution is 0.105. The van der Waals surface area contributed by atoms with E-state index in [0.717, 1.165) is 18.1 Å². The van der Waals surface area contributed by atoms with Gasteiger partial charge in [-0.25, -0.2) is 0 Å². The molecule has 0 aliphatic rings. The van der Waals surface area contributed by atoms with E-state index in [1.165, 1.54) is 0 Å². The van der Waals surface area contributed by atoms with Crippen LogP contribution >= 0.6 is 0 Å². The molecule has 0 heterocycles. The van der Waals surface area contributed by atoms with Gasteiger partial charge >= 0.3 is 27.9 Å². The van der Waals surface area contributed by atoms with Gasteiger partial charge in [-0.1, -0.05) is 0 Å². The molecule has 0 bridgehead atoms. The summed E-state index contributed by atoms with van der Waals surface area (Å²) in [6.07, 6.45) is 0. The van der Waals surface area contributed by atoms with Crippen LogP contribution in [0.1, 0.15) is 0 Å². The summed E-state index contributed by atoms with van der Waals surface area (Å²) in [5.74, 6) is 0. The first-order valence-electron chi connectivity index (χ1n) is 6.76. The predicted molar refractivity (Wildman–Crippen MR) is 91.7 cm³/mol. The maximum Gasteiger partial charge on any atom is 0.323 e. The molecular formula is C10H30O7Si4. The van der Waals surface area contributed by atoms with E-state index in [1.807, 2.05) is 0 Å². The van der Waals surface area contributed by atoms with Gasteiger partial charge in [-0.2, -0.15) is 0 Å². The molecule has 0 fully saturated rings. The topological polar surface area (TPSA) is 64.6 Å². The Morgan fingerprint density at radius 2 is 0.857 bits per heavy atom. The molecule has 0 spiro atoms. The maximum atomic E-state index is 6.00. The minimum absolute atomic E-state index is 0.388. The minimum Gasteiger partial charge on any atom is -0.423 e. The number of hydrogen-bond acceptors (Lipinski definition) is 7. The third-order valence-corrected chi connectivity index (χ3v) is 10.9. The highest BCUT2D eigenvalue weighted by Gasteiger charge is 2.41. The fourth-order valence-electron chi connectivity index (χ4n) is 2.20. The summed E-state index contributed by atoms with van der Waals surface area (Å²) in [6, 6.07) is 2.20. The molecule has 0 radical (unpaired) electrons. The predicted octanol–water partition coefficient (Wildman–Crippen LogP) is -1.44. The summed E-state index contributed by atoms with van der Waals surface area (Å²) in [5, 5.41) is 0. The third kappa shape index (κ3) is 7.60. The molecule has 21 heavy (non-hydrogen) atoms. The van der Waals surface area contributed by atoms with Gasteiger partial charge in [0.05, 0.1) is 5.60 Å². The van der Waals surface area contributed by atoms with Crippen LogP contribution in [0.2, 0.25) is 18.1 Å². The lowest BCUT2D eigenvalue weighted by Gasteiger charge is -2.37. The first-order valence-corrected chi connectivity index (χ1v) is 12.9. The van der Waals surface area contributed by atoms with Crippen molar-refractivity contribution in [2.24, 2.45) is 0 Å². The van der Waals surface area contributed by atoms with Crippen LogP contribution in [0.5, 0.6) is 0 Å². The second kappa shape index (κ2) is 12.1. The van der Waals surface area contributed by atoms with Crippen molar-refractivity contribution in [3.63, 3.8) is 0 Å². The summed E-state index contributed by atoms with van der Waals surface area (Å²) in [4.78, 5) is 0. The van der Waals surface area contributed by atoms with Crippen LogP contribution < -0.4 is 0 Å². The van der Waals surface area contributed by atoms with Gasteiger partial charge < -0.3 is 31.0 Å². The number of rotatable bonds is 13. The zero-order valence-electron chi connectivity index (χ0n) is 14.2. The van der Waals surface area contributed by atoms with Crippen LogP contribution in [0.25, 0.3) is 0 Å². The highest BCUT2D eigenvalue weighted by molar-refractivity contribution is 6.49. The van der Waals surface area contributed by atoms with Gasteiger partial charge in [0.25, 0.3) is 0 Å². The minimum atomic E-state index is -1.78. The van der Waals surface area contributed by atoms with E-state index in [0.29, 0.717) is 10.5 Å². The van der Waals surface area contributed by atoms with Crippen molar-refractivity contribution in [2.75, 3.05) is 42.7 Å². The SMILES string of the molecule is CO[SiH](CC(C[SiH](OC)OC)(C[SiH](OC)OC)O[SiH3])OC. The summed E-state index contributed by atoms with van der Waals surface area (Å²) < 4.78 is 38.8. The van der Waals surface area contributed by atoms with Gasteiger partial charge in [0.15, 0.2) is 0 Å². The normalized spacial score (nSPS) is 13.0. The molecule has 0 rings (SSSR count). The highest BCUT2D eigenvalue weighted by atomic mass is 28.3.